The standard InChI is InChI=1S/C21H34N4O/c1-4-22-21(24-15-14-23-20(26)16(2)3)25-19-12-10-18(11-13-19)17-8-6-5-7-9-17/h5-9,16,18-19H,4,10-15H2,1-3H3,(H,23,26)(H2,22,24,25). The molecule has 1 amide bonds. The lowest BCUT2D eigenvalue weighted by atomic mass is 9.82. The molecule has 1 saturated carbocycles. The molecule has 3 N–H and O–H groups in total. The molecule has 0 atom stereocenters. The Labute approximate surface area is 158 Å². The van der Waals surface area contributed by atoms with E-state index in [2.05, 4.69) is 58.2 Å². The smallest absolute Gasteiger partial charge is 0.222 e. The lowest BCUT2D eigenvalue weighted by Crippen LogP contribution is -2.45. The SMILES string of the molecule is CCNC(=NCCNC(=O)C(C)C)NC1CCC(c2ccccc2)CC1. The van der Waals surface area contributed by atoms with Crippen LogP contribution in [0.15, 0.2) is 35.3 Å². The predicted octanol–water partition coefficient (Wildman–Crippen LogP) is 3.04. The molecule has 26 heavy (non-hydrogen) atoms. The minimum Gasteiger partial charge on any atom is -0.357 e. The van der Waals surface area contributed by atoms with Gasteiger partial charge in [0.25, 0.3) is 0 Å². The van der Waals surface area contributed by atoms with Crippen molar-refractivity contribution in [1.29, 1.82) is 0 Å². The number of rotatable bonds is 7. The molecule has 0 aromatic heterocycles. The monoisotopic (exact) mass is 358 g/mol. The van der Waals surface area contributed by atoms with E-state index in [1.807, 2.05) is 13.8 Å². The van der Waals surface area contributed by atoms with Gasteiger partial charge in [0.2, 0.25) is 5.91 Å². The second-order valence-electron chi connectivity index (χ2n) is 7.31. The van der Waals surface area contributed by atoms with Gasteiger partial charge in [0.15, 0.2) is 5.96 Å². The first-order valence-electron chi connectivity index (χ1n) is 9.97. The lowest BCUT2D eigenvalue weighted by molar-refractivity contribution is -0.123. The molecule has 0 bridgehead atoms. The number of aliphatic imine (C=N–C) groups is 1. The average Bonchev–Trinajstić information content (AvgIpc) is 2.66. The van der Waals surface area contributed by atoms with Crippen molar-refractivity contribution in [1.82, 2.24) is 16.0 Å². The summed E-state index contributed by atoms with van der Waals surface area (Å²) in [6.07, 6.45) is 4.75. The molecule has 1 aliphatic carbocycles. The Bertz CT molecular complexity index is 563. The van der Waals surface area contributed by atoms with Gasteiger partial charge in [-0.2, -0.15) is 0 Å². The second kappa shape index (κ2) is 10.8. The minimum atomic E-state index is 0.0186. The molecule has 5 nitrogen and oxygen atoms in total. The van der Waals surface area contributed by atoms with Gasteiger partial charge in [-0.25, -0.2) is 0 Å². The molecule has 5 heteroatoms. The van der Waals surface area contributed by atoms with Gasteiger partial charge in [-0.15, -0.1) is 0 Å². The number of carbonyl (C=O) groups excluding carboxylic acids is 1. The molecular weight excluding hydrogens is 324 g/mol. The highest BCUT2D eigenvalue weighted by Gasteiger charge is 2.22. The van der Waals surface area contributed by atoms with Crippen molar-refractivity contribution < 1.29 is 4.79 Å². The van der Waals surface area contributed by atoms with Crippen molar-refractivity contribution >= 4 is 11.9 Å². The predicted molar refractivity (Wildman–Crippen MR) is 108 cm³/mol. The van der Waals surface area contributed by atoms with E-state index in [9.17, 15) is 4.79 Å². The van der Waals surface area contributed by atoms with Crippen LogP contribution in [0.4, 0.5) is 0 Å². The molecule has 1 fully saturated rings. The number of carbonyl (C=O) groups is 1. The summed E-state index contributed by atoms with van der Waals surface area (Å²) in [5, 5.41) is 9.78. The fourth-order valence-corrected chi connectivity index (χ4v) is 3.36. The summed E-state index contributed by atoms with van der Waals surface area (Å²) in [7, 11) is 0. The maximum atomic E-state index is 11.6. The van der Waals surface area contributed by atoms with Gasteiger partial charge in [-0.05, 0) is 44.1 Å². The van der Waals surface area contributed by atoms with Crippen molar-refractivity contribution in [3.8, 4) is 0 Å². The molecule has 1 aromatic rings. The maximum absolute atomic E-state index is 11.6. The van der Waals surface area contributed by atoms with Crippen LogP contribution in [0.2, 0.25) is 0 Å². The number of amides is 1. The molecule has 0 heterocycles. The first kappa shape index (κ1) is 20.3. The number of nitrogens with zero attached hydrogens (tertiary/aromatic N) is 1. The summed E-state index contributed by atoms with van der Waals surface area (Å²) < 4.78 is 0. The van der Waals surface area contributed by atoms with Crippen LogP contribution in [-0.4, -0.2) is 37.5 Å². The number of hydrogen-bond donors (Lipinski definition) is 3. The van der Waals surface area contributed by atoms with Crippen LogP contribution in [0.3, 0.4) is 0 Å². The average molecular weight is 359 g/mol. The van der Waals surface area contributed by atoms with E-state index >= 15 is 0 Å². The van der Waals surface area contributed by atoms with Gasteiger partial charge in [-0.1, -0.05) is 44.2 Å². The second-order valence-corrected chi connectivity index (χ2v) is 7.31. The largest absolute Gasteiger partial charge is 0.357 e. The lowest BCUT2D eigenvalue weighted by Gasteiger charge is -2.30. The van der Waals surface area contributed by atoms with Crippen molar-refractivity contribution in [3.63, 3.8) is 0 Å². The van der Waals surface area contributed by atoms with E-state index in [0.717, 1.165) is 25.3 Å². The zero-order chi connectivity index (χ0) is 18.8. The summed E-state index contributed by atoms with van der Waals surface area (Å²) in [5.41, 5.74) is 1.47. The summed E-state index contributed by atoms with van der Waals surface area (Å²) in [6.45, 7) is 7.88. The Morgan fingerprint density at radius 3 is 2.42 bits per heavy atom. The van der Waals surface area contributed by atoms with Crippen LogP contribution in [0.5, 0.6) is 0 Å². The van der Waals surface area contributed by atoms with Gasteiger partial charge < -0.3 is 16.0 Å². The van der Waals surface area contributed by atoms with Gasteiger partial charge in [0.05, 0.1) is 6.54 Å². The highest BCUT2D eigenvalue weighted by molar-refractivity contribution is 5.80. The van der Waals surface area contributed by atoms with Gasteiger partial charge in [-0.3, -0.25) is 9.79 Å². The summed E-state index contributed by atoms with van der Waals surface area (Å²) in [6, 6.07) is 11.3. The number of nitrogens with one attached hydrogen (secondary N) is 3. The van der Waals surface area contributed by atoms with Crippen LogP contribution in [0.25, 0.3) is 0 Å². The Morgan fingerprint density at radius 1 is 1.12 bits per heavy atom. The Hall–Kier alpha value is -2.04. The molecule has 1 aliphatic rings. The molecular formula is C21H34N4O. The Kier molecular flexibility index (Phi) is 8.45. The quantitative estimate of drug-likeness (QED) is 0.399. The molecule has 1 aromatic carbocycles. The fourth-order valence-electron chi connectivity index (χ4n) is 3.36. The first-order valence-corrected chi connectivity index (χ1v) is 9.97. The van der Waals surface area contributed by atoms with Crippen LogP contribution in [0.1, 0.15) is 57.9 Å². The zero-order valence-electron chi connectivity index (χ0n) is 16.4. The molecule has 2 rings (SSSR count). The molecule has 0 spiro atoms. The molecule has 0 saturated heterocycles. The third-order valence-electron chi connectivity index (χ3n) is 4.89. The highest BCUT2D eigenvalue weighted by atomic mass is 16.1. The van der Waals surface area contributed by atoms with Crippen LogP contribution in [-0.2, 0) is 4.79 Å². The van der Waals surface area contributed by atoms with E-state index in [-0.39, 0.29) is 11.8 Å². The number of guanidine groups is 1. The summed E-state index contributed by atoms with van der Waals surface area (Å²) in [4.78, 5) is 16.2. The number of benzene rings is 1. The van der Waals surface area contributed by atoms with Crippen LogP contribution < -0.4 is 16.0 Å². The fraction of sp³-hybridized carbons (Fsp3) is 0.619. The van der Waals surface area contributed by atoms with E-state index in [4.69, 9.17) is 0 Å². The van der Waals surface area contributed by atoms with E-state index in [1.54, 1.807) is 0 Å². The van der Waals surface area contributed by atoms with Gasteiger partial charge >= 0.3 is 0 Å². The third-order valence-corrected chi connectivity index (χ3v) is 4.89. The molecule has 144 valence electrons. The van der Waals surface area contributed by atoms with Crippen molar-refractivity contribution in [2.24, 2.45) is 10.9 Å². The molecule has 0 aliphatic heterocycles. The summed E-state index contributed by atoms with van der Waals surface area (Å²) >= 11 is 0. The molecule has 0 radical (unpaired) electrons. The Balaban J connectivity index is 1.77. The van der Waals surface area contributed by atoms with Gasteiger partial charge in [0.1, 0.15) is 0 Å². The Morgan fingerprint density at radius 2 is 1.81 bits per heavy atom. The highest BCUT2D eigenvalue weighted by Crippen LogP contribution is 2.32. The minimum absolute atomic E-state index is 0.0186. The topological polar surface area (TPSA) is 65.5 Å². The zero-order valence-corrected chi connectivity index (χ0v) is 16.4. The van der Waals surface area contributed by atoms with E-state index in [1.165, 1.54) is 18.4 Å². The van der Waals surface area contributed by atoms with Crippen LogP contribution in [0, 0.1) is 5.92 Å². The van der Waals surface area contributed by atoms with Gasteiger partial charge in [0, 0.05) is 25.0 Å². The van der Waals surface area contributed by atoms with Crippen molar-refractivity contribution in [3.05, 3.63) is 35.9 Å². The summed E-state index contributed by atoms with van der Waals surface area (Å²) in [5.74, 6) is 1.64. The first-order chi connectivity index (χ1) is 12.6. The van der Waals surface area contributed by atoms with E-state index < -0.39 is 0 Å². The van der Waals surface area contributed by atoms with Crippen molar-refractivity contribution in [2.45, 2.75) is 58.4 Å². The third kappa shape index (κ3) is 6.70. The normalized spacial score (nSPS) is 20.7. The number of hydrogen-bond acceptors (Lipinski definition) is 2. The maximum Gasteiger partial charge on any atom is 0.222 e. The molecule has 0 unspecified atom stereocenters. The van der Waals surface area contributed by atoms with Crippen molar-refractivity contribution in [2.75, 3.05) is 19.6 Å². The van der Waals surface area contributed by atoms with Crippen LogP contribution >= 0.6 is 0 Å². The van der Waals surface area contributed by atoms with E-state index in [0.29, 0.717) is 25.0 Å².